The molecule has 0 spiro atoms. The minimum Gasteiger partial charge on any atom is -0.508 e. The molecule has 2 aliphatic heterocycles. The lowest BCUT2D eigenvalue weighted by Gasteiger charge is -2.50. The highest BCUT2D eigenvalue weighted by molar-refractivity contribution is 6.58. The summed E-state index contributed by atoms with van der Waals surface area (Å²) in [4.78, 5) is 75.0. The molecule has 0 aromatic heterocycles. The van der Waals surface area contributed by atoms with Crippen LogP contribution in [0, 0.1) is 67.1 Å². The molecule has 2 aliphatic carbocycles. The molecule has 3 aromatic rings. The van der Waals surface area contributed by atoms with Crippen molar-refractivity contribution in [1.82, 2.24) is 0 Å². The number of aromatic hydroxyl groups is 1. The highest BCUT2D eigenvalue weighted by Gasteiger charge is 2.77. The Morgan fingerprint density at radius 1 is 0.842 bits per heavy atom. The van der Waals surface area contributed by atoms with E-state index in [1.165, 1.54) is 39.4 Å². The smallest absolute Gasteiger partial charge is 0.301 e. The number of imide groups is 2. The van der Waals surface area contributed by atoms with E-state index in [1.807, 2.05) is 0 Å². The van der Waals surface area contributed by atoms with Gasteiger partial charge in [0.05, 0.1) is 34.5 Å². The monoisotopic (exact) mass is 839 g/mol. The zero-order valence-corrected chi connectivity index (χ0v) is 30.7. The van der Waals surface area contributed by atoms with Crippen LogP contribution in [0.5, 0.6) is 11.5 Å². The second-order valence-electron chi connectivity index (χ2n) is 13.9. The number of nitro benzene ring substituents is 2. The summed E-state index contributed by atoms with van der Waals surface area (Å²) < 4.78 is 78.8. The van der Waals surface area contributed by atoms with E-state index in [9.17, 15) is 57.7 Å². The lowest BCUT2D eigenvalue weighted by Crippen LogP contribution is -2.60. The lowest BCUT2D eigenvalue weighted by molar-refractivity contribution is -0.392. The number of methoxy groups -OCH3 is 1. The third-order valence-corrected chi connectivity index (χ3v) is 12.3. The molecule has 3 aromatic carbocycles. The van der Waals surface area contributed by atoms with Gasteiger partial charge >= 0.3 is 11.4 Å². The number of carbonyl (C=O) groups is 4. The molecule has 15 nitrogen and oxygen atoms in total. The topological polar surface area (TPSA) is 194 Å². The number of anilines is 3. The summed E-state index contributed by atoms with van der Waals surface area (Å²) in [5.41, 5.74) is -4.94. The molecule has 2 saturated heterocycles. The van der Waals surface area contributed by atoms with E-state index in [4.69, 9.17) is 27.9 Å². The summed E-state index contributed by atoms with van der Waals surface area (Å²) in [6.07, 6.45) is 0.146. The van der Waals surface area contributed by atoms with E-state index >= 15 is 8.78 Å². The number of nitro groups is 2. The van der Waals surface area contributed by atoms with Crippen LogP contribution in [0.1, 0.15) is 24.3 Å². The van der Waals surface area contributed by atoms with Gasteiger partial charge in [0, 0.05) is 43.8 Å². The third kappa shape index (κ3) is 5.15. The molecule has 0 radical (unpaired) electrons. The van der Waals surface area contributed by atoms with Crippen molar-refractivity contribution in [3.63, 3.8) is 0 Å². The fourth-order valence-corrected chi connectivity index (χ4v) is 9.44. The summed E-state index contributed by atoms with van der Waals surface area (Å²) in [5, 5.41) is 35.5. The first kappa shape index (κ1) is 39.3. The van der Waals surface area contributed by atoms with Crippen LogP contribution in [0.4, 0.5) is 50.4 Å². The summed E-state index contributed by atoms with van der Waals surface area (Å²) in [6.45, 7) is 0. The number of amides is 4. The van der Waals surface area contributed by atoms with Crippen molar-refractivity contribution in [2.24, 2.45) is 17.8 Å². The Morgan fingerprint density at radius 3 is 1.91 bits per heavy atom. The molecule has 3 fully saturated rings. The van der Waals surface area contributed by atoms with Crippen LogP contribution in [0.3, 0.4) is 0 Å². The molecule has 57 heavy (non-hydrogen) atoms. The zero-order valence-electron chi connectivity index (χ0n) is 29.2. The normalized spacial score (nSPS) is 26.6. The first-order valence-electron chi connectivity index (χ1n) is 16.5. The Bertz CT molecular complexity index is 2390. The van der Waals surface area contributed by atoms with Crippen LogP contribution in [0.25, 0.3) is 0 Å². The number of alkyl halides is 2. The van der Waals surface area contributed by atoms with E-state index in [1.54, 1.807) is 0 Å². The molecule has 1 N–H and O–H groups in total. The number of phenols is 1. The Hall–Kier alpha value is -5.89. The minimum atomic E-state index is -2.93. The standard InChI is InChI=1S/C35H24Cl2F5N5O10/c1-43(2)28-18(46(53)54)8-12(9-19(28)47(55)56)44-30(49)16-7-6-14-17(21(16)31(44)50)11-34(36)32(51)45(29-26(41)24(39)23(38)25(40)27(29)42)33(52)35(34,37)22(14)15-5-4-13(57-3)10-20(15)48/h4-6,8-10,16-17,21-22,48H,7,11H2,1-3H3/t16-,17+,21-,22+,34+,35-/m0/s1. The van der Waals surface area contributed by atoms with Gasteiger partial charge in [0.25, 0.3) is 11.8 Å². The van der Waals surface area contributed by atoms with Crippen molar-refractivity contribution < 1.29 is 60.8 Å². The van der Waals surface area contributed by atoms with E-state index in [0.717, 1.165) is 23.1 Å². The molecule has 22 heteroatoms. The van der Waals surface area contributed by atoms with Crippen molar-refractivity contribution in [1.29, 1.82) is 0 Å². The molecule has 0 bridgehead atoms. The Kier molecular flexibility index (Phi) is 9.03. The Labute approximate surface area is 326 Å². The SMILES string of the molecule is COc1ccc([C@H]2C3=CC[C@@H]4C(=O)N(c5cc([N+](=O)[O-])c(N(C)C)c([N+](=O)[O-])c5)C(=O)[C@@H]4[C@@H]3C[C@@]3(Cl)C(=O)N(c4c(F)c(F)c(F)c(F)c4F)C(=O)[C@@]23Cl)c(O)c1. The van der Waals surface area contributed by atoms with Crippen molar-refractivity contribution in [2.45, 2.75) is 28.5 Å². The van der Waals surface area contributed by atoms with Crippen LogP contribution < -0.4 is 19.4 Å². The van der Waals surface area contributed by atoms with Gasteiger partial charge in [0.1, 0.15) is 17.2 Å². The highest BCUT2D eigenvalue weighted by Crippen LogP contribution is 2.67. The van der Waals surface area contributed by atoms with Gasteiger partial charge in [-0.05, 0) is 24.8 Å². The van der Waals surface area contributed by atoms with Gasteiger partial charge in [0.2, 0.25) is 17.6 Å². The number of nitrogens with zero attached hydrogens (tertiary/aromatic N) is 5. The number of ether oxygens (including phenoxy) is 1. The maximum Gasteiger partial charge on any atom is 0.301 e. The van der Waals surface area contributed by atoms with E-state index in [-0.39, 0.29) is 28.2 Å². The van der Waals surface area contributed by atoms with E-state index < -0.39 is 137 Å². The average Bonchev–Trinajstić information content (AvgIpc) is 3.50. The first-order valence-corrected chi connectivity index (χ1v) is 17.3. The fourth-order valence-electron chi connectivity index (χ4n) is 8.52. The molecule has 6 atom stereocenters. The van der Waals surface area contributed by atoms with Crippen LogP contribution >= 0.6 is 23.2 Å². The Balaban J connectivity index is 1.43. The van der Waals surface area contributed by atoms with Crippen molar-refractivity contribution in [3.8, 4) is 11.5 Å². The summed E-state index contributed by atoms with van der Waals surface area (Å²) in [6, 6.07) is 5.11. The second kappa shape index (κ2) is 13.1. The Morgan fingerprint density at radius 2 is 1.40 bits per heavy atom. The number of hydrogen-bond donors (Lipinski definition) is 1. The minimum absolute atomic E-state index is 0.00804. The van der Waals surface area contributed by atoms with Crippen molar-refractivity contribution >= 4 is 75.3 Å². The quantitative estimate of drug-likeness (QED) is 0.0445. The van der Waals surface area contributed by atoms with Crippen LogP contribution in [0.2, 0.25) is 0 Å². The zero-order chi connectivity index (χ0) is 42.0. The van der Waals surface area contributed by atoms with Crippen LogP contribution in [0.15, 0.2) is 42.0 Å². The predicted octanol–water partition coefficient (Wildman–Crippen LogP) is 5.75. The van der Waals surface area contributed by atoms with Crippen molar-refractivity contribution in [2.75, 3.05) is 35.9 Å². The van der Waals surface area contributed by atoms with Crippen molar-refractivity contribution in [3.05, 3.63) is 96.9 Å². The van der Waals surface area contributed by atoms with Gasteiger partial charge in [-0.3, -0.25) is 39.4 Å². The molecular weight excluding hydrogens is 816 g/mol. The molecule has 298 valence electrons. The summed E-state index contributed by atoms with van der Waals surface area (Å²) in [5.74, 6) is -25.1. The fraction of sp³-hybridized carbons (Fsp3) is 0.314. The number of fused-ring (bicyclic) bond motifs is 4. The molecule has 4 aliphatic rings. The maximum absolute atomic E-state index is 15.3. The van der Waals surface area contributed by atoms with Gasteiger partial charge in [-0.25, -0.2) is 31.8 Å². The number of halogens is 7. The molecule has 7 rings (SSSR count). The van der Waals surface area contributed by atoms with Crippen LogP contribution in [-0.2, 0) is 19.2 Å². The third-order valence-electron chi connectivity index (χ3n) is 10.9. The average molecular weight is 840 g/mol. The van der Waals surface area contributed by atoms with Gasteiger partial charge < -0.3 is 14.7 Å². The summed E-state index contributed by atoms with van der Waals surface area (Å²) >= 11 is 14.2. The van der Waals surface area contributed by atoms with E-state index in [2.05, 4.69) is 0 Å². The first-order chi connectivity index (χ1) is 26.6. The van der Waals surface area contributed by atoms with Gasteiger partial charge in [0.15, 0.2) is 38.7 Å². The molecule has 0 unspecified atom stereocenters. The van der Waals surface area contributed by atoms with Gasteiger partial charge in [-0.1, -0.05) is 17.7 Å². The lowest BCUT2D eigenvalue weighted by atomic mass is 9.56. The maximum atomic E-state index is 15.3. The summed E-state index contributed by atoms with van der Waals surface area (Å²) in [7, 11) is 3.84. The van der Waals surface area contributed by atoms with E-state index in [0.29, 0.717) is 4.90 Å². The predicted molar refractivity (Wildman–Crippen MR) is 188 cm³/mol. The number of rotatable bonds is 7. The number of phenolic OH excluding ortho intramolecular Hbond substituents is 1. The van der Waals surface area contributed by atoms with Gasteiger partial charge in [-0.15, -0.1) is 23.2 Å². The molecular formula is C35H24Cl2F5N5O10. The molecule has 1 saturated carbocycles. The van der Waals surface area contributed by atoms with Gasteiger partial charge in [-0.2, -0.15) is 0 Å². The van der Waals surface area contributed by atoms with Crippen LogP contribution in [-0.4, -0.2) is 69.5 Å². The number of carbonyl (C=O) groups excluding carboxylic acids is 4. The molecule has 4 amide bonds. The largest absolute Gasteiger partial charge is 0.508 e. The second-order valence-corrected chi connectivity index (χ2v) is 15.1. The number of hydrogen-bond acceptors (Lipinski definition) is 11. The number of benzene rings is 3. The molecule has 2 heterocycles. The highest BCUT2D eigenvalue weighted by atomic mass is 35.5. The number of allylic oxidation sites excluding steroid dienone is 2.